The molecule has 0 aromatic heterocycles. The molecule has 1 aromatic rings. The number of amides is 2. The summed E-state index contributed by atoms with van der Waals surface area (Å²) in [6.07, 6.45) is 1.74. The zero-order chi connectivity index (χ0) is 17.0. The molecule has 1 aliphatic heterocycles. The third kappa shape index (κ3) is 4.32. The van der Waals surface area contributed by atoms with Crippen LogP contribution < -0.4 is 5.32 Å². The van der Waals surface area contributed by atoms with Gasteiger partial charge in [-0.2, -0.15) is 0 Å². The third-order valence-corrected chi connectivity index (χ3v) is 4.34. The molecule has 2 unspecified atom stereocenters. The number of aliphatic hydroxyl groups is 1. The maximum atomic E-state index is 12.8. The lowest BCUT2D eigenvalue weighted by Gasteiger charge is -2.34. The number of carbonyl (C=O) groups excluding carboxylic acids is 2. The minimum atomic E-state index is -0.924. The van der Waals surface area contributed by atoms with Crippen LogP contribution in [0.3, 0.4) is 0 Å². The first kappa shape index (κ1) is 17.5. The first-order chi connectivity index (χ1) is 10.8. The van der Waals surface area contributed by atoms with E-state index in [-0.39, 0.29) is 17.9 Å². The number of rotatable bonds is 5. The topological polar surface area (TPSA) is 69.6 Å². The smallest absolute Gasteiger partial charge is 0.247 e. The van der Waals surface area contributed by atoms with Crippen LogP contribution in [0.1, 0.15) is 51.7 Å². The first-order valence-electron chi connectivity index (χ1n) is 8.14. The number of nitrogens with zero attached hydrogens (tertiary/aromatic N) is 1. The highest BCUT2D eigenvalue weighted by molar-refractivity contribution is 5.90. The average molecular weight is 318 g/mol. The van der Waals surface area contributed by atoms with E-state index in [4.69, 9.17) is 0 Å². The van der Waals surface area contributed by atoms with E-state index in [9.17, 15) is 14.7 Å². The fraction of sp³-hybridized carbons (Fsp3) is 0.556. The van der Waals surface area contributed by atoms with E-state index in [1.807, 2.05) is 35.2 Å². The van der Waals surface area contributed by atoms with Crippen LogP contribution >= 0.6 is 0 Å². The van der Waals surface area contributed by atoms with Gasteiger partial charge in [0.1, 0.15) is 5.54 Å². The molecule has 0 bridgehead atoms. The molecule has 1 aromatic carbocycles. The van der Waals surface area contributed by atoms with Crippen molar-refractivity contribution in [3.8, 4) is 0 Å². The Bertz CT molecular complexity index is 557. The van der Waals surface area contributed by atoms with E-state index >= 15 is 0 Å². The van der Waals surface area contributed by atoms with Crippen molar-refractivity contribution in [3.05, 3.63) is 35.9 Å². The minimum absolute atomic E-state index is 0.00531. The molecule has 0 saturated carbocycles. The van der Waals surface area contributed by atoms with Crippen molar-refractivity contribution in [1.29, 1.82) is 0 Å². The molecule has 1 heterocycles. The highest BCUT2D eigenvalue weighted by Crippen LogP contribution is 2.29. The van der Waals surface area contributed by atoms with Crippen molar-refractivity contribution in [1.82, 2.24) is 10.2 Å². The lowest BCUT2D eigenvalue weighted by Crippen LogP contribution is -2.56. The van der Waals surface area contributed by atoms with Gasteiger partial charge in [0.15, 0.2) is 0 Å². The van der Waals surface area contributed by atoms with Gasteiger partial charge in [-0.25, -0.2) is 0 Å². The second-order valence-electron chi connectivity index (χ2n) is 6.76. The summed E-state index contributed by atoms with van der Waals surface area (Å²) in [4.78, 5) is 25.9. The van der Waals surface area contributed by atoms with Crippen LogP contribution in [0, 0.1) is 0 Å². The number of hydrogen-bond donors (Lipinski definition) is 2. The van der Waals surface area contributed by atoms with Gasteiger partial charge in [0, 0.05) is 19.5 Å². The van der Waals surface area contributed by atoms with E-state index in [1.54, 1.807) is 13.8 Å². The predicted octanol–water partition coefficient (Wildman–Crippen LogP) is 2.02. The van der Waals surface area contributed by atoms with Crippen LogP contribution in [0.2, 0.25) is 0 Å². The molecule has 23 heavy (non-hydrogen) atoms. The highest BCUT2D eigenvalue weighted by Gasteiger charge is 2.38. The molecule has 1 saturated heterocycles. The van der Waals surface area contributed by atoms with Crippen molar-refractivity contribution in [2.45, 2.75) is 57.7 Å². The Morgan fingerprint density at radius 1 is 1.35 bits per heavy atom. The molecule has 2 atom stereocenters. The minimum Gasteiger partial charge on any atom is -0.388 e. The SMILES string of the molecule is CC(=O)NC(C)(C)C(=O)N1CCCC1CC(O)c1ccccc1. The van der Waals surface area contributed by atoms with Crippen molar-refractivity contribution >= 4 is 11.8 Å². The van der Waals surface area contributed by atoms with Gasteiger partial charge in [-0.3, -0.25) is 9.59 Å². The maximum Gasteiger partial charge on any atom is 0.247 e. The van der Waals surface area contributed by atoms with Gasteiger partial charge in [-0.15, -0.1) is 0 Å². The number of hydrogen-bond acceptors (Lipinski definition) is 3. The number of benzene rings is 1. The lowest BCUT2D eigenvalue weighted by atomic mass is 9.98. The molecule has 2 amide bonds. The Balaban J connectivity index is 2.05. The molecule has 0 spiro atoms. The second-order valence-corrected chi connectivity index (χ2v) is 6.76. The van der Waals surface area contributed by atoms with E-state index in [1.165, 1.54) is 6.92 Å². The van der Waals surface area contributed by atoms with E-state index < -0.39 is 11.6 Å². The Morgan fingerprint density at radius 2 is 2.00 bits per heavy atom. The lowest BCUT2D eigenvalue weighted by molar-refractivity contribution is -0.141. The van der Waals surface area contributed by atoms with Crippen LogP contribution in [0.4, 0.5) is 0 Å². The fourth-order valence-corrected chi connectivity index (χ4v) is 3.27. The van der Waals surface area contributed by atoms with Crippen LogP contribution in [0.5, 0.6) is 0 Å². The molecule has 1 fully saturated rings. The van der Waals surface area contributed by atoms with Crippen LogP contribution in [0.25, 0.3) is 0 Å². The molecular weight excluding hydrogens is 292 g/mol. The van der Waals surface area contributed by atoms with Gasteiger partial charge in [0.25, 0.3) is 0 Å². The highest BCUT2D eigenvalue weighted by atomic mass is 16.3. The molecule has 0 radical (unpaired) electrons. The van der Waals surface area contributed by atoms with Gasteiger partial charge in [-0.05, 0) is 38.7 Å². The largest absolute Gasteiger partial charge is 0.388 e. The Hall–Kier alpha value is -1.88. The van der Waals surface area contributed by atoms with Gasteiger partial charge in [0.2, 0.25) is 11.8 Å². The van der Waals surface area contributed by atoms with E-state index in [0.29, 0.717) is 13.0 Å². The van der Waals surface area contributed by atoms with Crippen molar-refractivity contribution in [2.75, 3.05) is 6.54 Å². The molecular formula is C18H26N2O3. The maximum absolute atomic E-state index is 12.8. The first-order valence-corrected chi connectivity index (χ1v) is 8.14. The second kappa shape index (κ2) is 7.13. The fourth-order valence-electron chi connectivity index (χ4n) is 3.27. The Kier molecular flexibility index (Phi) is 5.42. The van der Waals surface area contributed by atoms with Gasteiger partial charge in [0.05, 0.1) is 6.10 Å². The molecule has 1 aliphatic rings. The van der Waals surface area contributed by atoms with Crippen LogP contribution in [-0.4, -0.2) is 39.9 Å². The summed E-state index contributed by atoms with van der Waals surface area (Å²) >= 11 is 0. The van der Waals surface area contributed by atoms with Crippen molar-refractivity contribution in [3.63, 3.8) is 0 Å². The summed E-state index contributed by atoms with van der Waals surface area (Å²) in [6, 6.07) is 9.51. The van der Waals surface area contributed by atoms with Crippen LogP contribution in [0.15, 0.2) is 30.3 Å². The van der Waals surface area contributed by atoms with Crippen molar-refractivity contribution < 1.29 is 14.7 Å². The normalized spacial score (nSPS) is 19.5. The number of likely N-dealkylation sites (tertiary alicyclic amines) is 1. The third-order valence-electron chi connectivity index (χ3n) is 4.34. The summed E-state index contributed by atoms with van der Waals surface area (Å²) in [5, 5.41) is 13.1. The summed E-state index contributed by atoms with van der Waals surface area (Å²) in [5.41, 5.74) is -0.0560. The molecule has 126 valence electrons. The zero-order valence-electron chi connectivity index (χ0n) is 14.1. The summed E-state index contributed by atoms with van der Waals surface area (Å²) < 4.78 is 0. The molecule has 2 rings (SSSR count). The molecule has 0 aliphatic carbocycles. The van der Waals surface area contributed by atoms with E-state index in [0.717, 1.165) is 18.4 Å². The summed E-state index contributed by atoms with van der Waals surface area (Å²) in [5.74, 6) is -0.307. The molecule has 5 heteroatoms. The average Bonchev–Trinajstić information content (AvgIpc) is 2.94. The summed E-state index contributed by atoms with van der Waals surface area (Å²) in [6.45, 7) is 5.53. The zero-order valence-corrected chi connectivity index (χ0v) is 14.1. The Labute approximate surface area is 137 Å². The van der Waals surface area contributed by atoms with Gasteiger partial charge in [-0.1, -0.05) is 30.3 Å². The van der Waals surface area contributed by atoms with Gasteiger partial charge < -0.3 is 15.3 Å². The van der Waals surface area contributed by atoms with Crippen molar-refractivity contribution in [2.24, 2.45) is 0 Å². The standard InChI is InChI=1S/C18H26N2O3/c1-13(21)19-18(2,3)17(23)20-11-7-10-15(20)12-16(22)14-8-5-4-6-9-14/h4-6,8-9,15-16,22H,7,10-12H2,1-3H3,(H,19,21). The number of aliphatic hydroxyl groups excluding tert-OH is 1. The predicted molar refractivity (Wildman–Crippen MR) is 88.6 cm³/mol. The molecule has 2 N–H and O–H groups in total. The van der Waals surface area contributed by atoms with Gasteiger partial charge >= 0.3 is 0 Å². The molecule has 5 nitrogen and oxygen atoms in total. The summed E-state index contributed by atoms with van der Waals surface area (Å²) in [7, 11) is 0. The monoisotopic (exact) mass is 318 g/mol. The van der Waals surface area contributed by atoms with E-state index in [2.05, 4.69) is 5.32 Å². The number of carbonyl (C=O) groups is 2. The van der Waals surface area contributed by atoms with Crippen LogP contribution in [-0.2, 0) is 9.59 Å². The quantitative estimate of drug-likeness (QED) is 0.872. The number of nitrogens with one attached hydrogen (secondary N) is 1. The Morgan fingerprint density at radius 3 is 2.61 bits per heavy atom.